The zero-order chi connectivity index (χ0) is 29.3. The minimum Gasteiger partial charge on any atom is -0.241 e. The number of fused-ring (bicyclic) bond motifs is 2. The van der Waals surface area contributed by atoms with Crippen molar-refractivity contribution in [1.82, 2.24) is 24.9 Å². The Kier molecular flexibility index (Phi) is 6.39. The SMILES string of the molecule is c1ccc(-c2ccnc(-c3cc(-c4ccc5cc6ccccc6cc5c4)cc(-c4nccc(-c5ccccc5)n4)n3)n2)cc1. The summed E-state index contributed by atoms with van der Waals surface area (Å²) in [5.74, 6) is 1.08. The second-order valence-corrected chi connectivity index (χ2v) is 10.7. The molecular weight excluding hydrogens is 538 g/mol. The third-order valence-electron chi connectivity index (χ3n) is 7.77. The Morgan fingerprint density at radius 1 is 0.295 bits per heavy atom. The molecule has 0 N–H and O–H groups in total. The van der Waals surface area contributed by atoms with Gasteiger partial charge in [0.25, 0.3) is 0 Å². The van der Waals surface area contributed by atoms with Crippen LogP contribution >= 0.6 is 0 Å². The van der Waals surface area contributed by atoms with Crippen LogP contribution in [0.5, 0.6) is 0 Å². The van der Waals surface area contributed by atoms with E-state index >= 15 is 0 Å². The van der Waals surface area contributed by atoms with Crippen LogP contribution in [0, 0.1) is 0 Å². The van der Waals surface area contributed by atoms with E-state index in [4.69, 9.17) is 15.0 Å². The summed E-state index contributed by atoms with van der Waals surface area (Å²) >= 11 is 0. The highest BCUT2D eigenvalue weighted by atomic mass is 15.0. The van der Waals surface area contributed by atoms with Crippen molar-refractivity contribution in [3.63, 3.8) is 0 Å². The van der Waals surface area contributed by atoms with Crippen molar-refractivity contribution in [2.75, 3.05) is 0 Å². The first-order chi connectivity index (χ1) is 21.8. The molecule has 0 fully saturated rings. The monoisotopic (exact) mass is 563 g/mol. The summed E-state index contributed by atoms with van der Waals surface area (Å²) in [6.45, 7) is 0. The average molecular weight is 564 g/mol. The number of aromatic nitrogens is 5. The van der Waals surface area contributed by atoms with Gasteiger partial charge in [-0.1, -0.05) is 97.1 Å². The second-order valence-electron chi connectivity index (χ2n) is 10.7. The lowest BCUT2D eigenvalue weighted by atomic mass is 9.98. The van der Waals surface area contributed by atoms with E-state index in [2.05, 4.69) is 76.7 Å². The van der Waals surface area contributed by atoms with E-state index in [1.54, 1.807) is 12.4 Å². The molecule has 5 nitrogen and oxygen atoms in total. The molecule has 3 aromatic heterocycles. The number of benzene rings is 5. The minimum absolute atomic E-state index is 0.542. The van der Waals surface area contributed by atoms with Gasteiger partial charge in [-0.15, -0.1) is 0 Å². The molecule has 0 aliphatic carbocycles. The first kappa shape index (κ1) is 25.6. The average Bonchev–Trinajstić information content (AvgIpc) is 3.11. The molecule has 0 radical (unpaired) electrons. The van der Waals surface area contributed by atoms with Gasteiger partial charge >= 0.3 is 0 Å². The lowest BCUT2D eigenvalue weighted by molar-refractivity contribution is 1.11. The smallest absolute Gasteiger partial charge is 0.178 e. The Bertz CT molecular complexity index is 2180. The van der Waals surface area contributed by atoms with Crippen LogP contribution in [0.2, 0.25) is 0 Å². The van der Waals surface area contributed by atoms with Gasteiger partial charge in [0.2, 0.25) is 0 Å². The fourth-order valence-corrected chi connectivity index (χ4v) is 5.55. The minimum atomic E-state index is 0.542. The van der Waals surface area contributed by atoms with E-state index in [9.17, 15) is 0 Å². The van der Waals surface area contributed by atoms with E-state index in [-0.39, 0.29) is 0 Å². The first-order valence-corrected chi connectivity index (χ1v) is 14.5. The van der Waals surface area contributed by atoms with Gasteiger partial charge in [0.15, 0.2) is 11.6 Å². The van der Waals surface area contributed by atoms with Crippen molar-refractivity contribution >= 4 is 21.5 Å². The van der Waals surface area contributed by atoms with Gasteiger partial charge in [0.1, 0.15) is 11.4 Å². The quantitative estimate of drug-likeness (QED) is 0.195. The summed E-state index contributed by atoms with van der Waals surface area (Å²) in [5, 5.41) is 4.81. The Hall–Kier alpha value is -6.07. The molecule has 5 aromatic carbocycles. The number of pyridine rings is 1. The molecule has 0 spiro atoms. The highest BCUT2D eigenvalue weighted by molar-refractivity contribution is 5.99. The van der Waals surface area contributed by atoms with Crippen LogP contribution in [0.4, 0.5) is 0 Å². The lowest BCUT2D eigenvalue weighted by Gasteiger charge is -2.11. The van der Waals surface area contributed by atoms with Crippen molar-refractivity contribution in [1.29, 1.82) is 0 Å². The van der Waals surface area contributed by atoms with E-state index in [0.717, 1.165) is 33.6 Å². The van der Waals surface area contributed by atoms with Crippen molar-refractivity contribution in [3.8, 4) is 56.7 Å². The molecule has 8 rings (SSSR count). The molecule has 206 valence electrons. The van der Waals surface area contributed by atoms with E-state index in [1.165, 1.54) is 21.5 Å². The van der Waals surface area contributed by atoms with Crippen molar-refractivity contribution in [3.05, 3.63) is 152 Å². The summed E-state index contributed by atoms with van der Waals surface area (Å²) in [4.78, 5) is 24.1. The van der Waals surface area contributed by atoms with Gasteiger partial charge < -0.3 is 0 Å². The first-order valence-electron chi connectivity index (χ1n) is 14.5. The zero-order valence-corrected chi connectivity index (χ0v) is 23.7. The highest BCUT2D eigenvalue weighted by Crippen LogP contribution is 2.32. The van der Waals surface area contributed by atoms with Crippen LogP contribution in [-0.4, -0.2) is 24.9 Å². The third-order valence-corrected chi connectivity index (χ3v) is 7.77. The summed E-state index contributed by atoms with van der Waals surface area (Å²) in [7, 11) is 0. The number of hydrogen-bond acceptors (Lipinski definition) is 5. The molecule has 0 amide bonds. The molecule has 0 aliphatic rings. The van der Waals surface area contributed by atoms with Crippen molar-refractivity contribution in [2.45, 2.75) is 0 Å². The fourth-order valence-electron chi connectivity index (χ4n) is 5.55. The van der Waals surface area contributed by atoms with Gasteiger partial charge in [-0.2, -0.15) is 0 Å². The fraction of sp³-hybridized carbons (Fsp3) is 0. The molecular formula is C39H25N5. The number of nitrogens with zero attached hydrogens (tertiary/aromatic N) is 5. The number of hydrogen-bond donors (Lipinski definition) is 0. The molecule has 0 atom stereocenters. The summed E-state index contributed by atoms with van der Waals surface area (Å²) in [6.07, 6.45) is 3.57. The van der Waals surface area contributed by atoms with Crippen LogP contribution in [0.25, 0.3) is 78.2 Å². The van der Waals surface area contributed by atoms with Crippen LogP contribution < -0.4 is 0 Å². The van der Waals surface area contributed by atoms with E-state index in [1.807, 2.05) is 72.8 Å². The normalized spacial score (nSPS) is 11.2. The molecule has 0 bridgehead atoms. The van der Waals surface area contributed by atoms with Crippen molar-refractivity contribution in [2.24, 2.45) is 0 Å². The maximum Gasteiger partial charge on any atom is 0.178 e. The van der Waals surface area contributed by atoms with Crippen LogP contribution in [0.15, 0.2) is 152 Å². The molecule has 0 saturated carbocycles. The predicted octanol–water partition coefficient (Wildman–Crippen LogP) is 9.30. The Labute approximate surface area is 254 Å². The molecule has 5 heteroatoms. The van der Waals surface area contributed by atoms with Crippen LogP contribution in [0.1, 0.15) is 0 Å². The van der Waals surface area contributed by atoms with Gasteiger partial charge in [0, 0.05) is 23.5 Å². The van der Waals surface area contributed by atoms with Gasteiger partial charge in [-0.25, -0.2) is 24.9 Å². The Morgan fingerprint density at radius 3 is 1.36 bits per heavy atom. The zero-order valence-electron chi connectivity index (χ0n) is 23.7. The molecule has 8 aromatic rings. The Balaban J connectivity index is 1.30. The Morgan fingerprint density at radius 2 is 0.795 bits per heavy atom. The molecule has 0 unspecified atom stereocenters. The van der Waals surface area contributed by atoms with Crippen LogP contribution in [0.3, 0.4) is 0 Å². The highest BCUT2D eigenvalue weighted by Gasteiger charge is 2.15. The summed E-state index contributed by atoms with van der Waals surface area (Å²) in [6, 6.07) is 47.7. The standard InChI is InChI=1S/C39H25N5/c1-3-9-26(10-4-1)34-17-19-40-38(43-34)36-24-33(31-16-15-30-21-28-13-7-8-14-29(28)22-32(30)23-31)25-37(42-36)39-41-20-18-35(44-39)27-11-5-2-6-12-27/h1-25H. The third kappa shape index (κ3) is 4.97. The predicted molar refractivity (Wildman–Crippen MR) is 178 cm³/mol. The molecule has 0 saturated heterocycles. The maximum absolute atomic E-state index is 5.02. The summed E-state index contributed by atoms with van der Waals surface area (Å²) < 4.78 is 0. The molecule has 0 aliphatic heterocycles. The van der Waals surface area contributed by atoms with E-state index in [0.29, 0.717) is 23.0 Å². The number of rotatable bonds is 5. The van der Waals surface area contributed by atoms with Gasteiger partial charge in [0.05, 0.1) is 11.4 Å². The summed E-state index contributed by atoms with van der Waals surface area (Å²) in [5.41, 5.74) is 7.08. The molecule has 3 heterocycles. The second kappa shape index (κ2) is 11.0. The van der Waals surface area contributed by atoms with Crippen LogP contribution in [-0.2, 0) is 0 Å². The van der Waals surface area contributed by atoms with E-state index < -0.39 is 0 Å². The van der Waals surface area contributed by atoms with Gasteiger partial charge in [-0.05, 0) is 75.1 Å². The van der Waals surface area contributed by atoms with Crippen molar-refractivity contribution < 1.29 is 0 Å². The largest absolute Gasteiger partial charge is 0.241 e. The topological polar surface area (TPSA) is 64.5 Å². The lowest BCUT2D eigenvalue weighted by Crippen LogP contribution is -1.99. The molecule has 44 heavy (non-hydrogen) atoms. The van der Waals surface area contributed by atoms with Gasteiger partial charge in [-0.3, -0.25) is 0 Å². The maximum atomic E-state index is 5.02.